The van der Waals surface area contributed by atoms with Gasteiger partial charge in [-0.15, -0.1) is 0 Å². The minimum atomic E-state index is -0.247. The molecule has 2 heterocycles. The Labute approximate surface area is 204 Å². The number of rotatable bonds is 8. The molecule has 35 heavy (non-hydrogen) atoms. The summed E-state index contributed by atoms with van der Waals surface area (Å²) in [4.78, 5) is 35.9. The Morgan fingerprint density at radius 3 is 2.66 bits per heavy atom. The predicted molar refractivity (Wildman–Crippen MR) is 139 cm³/mol. The van der Waals surface area contributed by atoms with Gasteiger partial charge in [-0.1, -0.05) is 29.5 Å². The second kappa shape index (κ2) is 9.43. The number of hydrogen-bond acceptors (Lipinski definition) is 7. The maximum Gasteiger partial charge on any atom is 0.257 e. The lowest BCUT2D eigenvalue weighted by molar-refractivity contribution is -0.105. The van der Waals surface area contributed by atoms with E-state index in [4.69, 9.17) is 9.72 Å². The number of nitrogens with zero attached hydrogens (tertiary/aromatic N) is 2. The standard InChI is InChI=1S/C25H22N6O3S/c1-14(2)34-19-10-8-16(26-13-32)12-18(19)28-25-30-22-20(35-25)11-9-17-21(22)29-24(27-17)31-23(33)15-6-4-3-5-7-15/h3-14H,1-2H3,(H,26,32)(H,28,30)(H2,27,29,31,33). The van der Waals surface area contributed by atoms with Gasteiger partial charge in [0.1, 0.15) is 16.8 Å². The highest BCUT2D eigenvalue weighted by molar-refractivity contribution is 7.22. The number of anilines is 4. The molecular weight excluding hydrogens is 464 g/mol. The van der Waals surface area contributed by atoms with Gasteiger partial charge in [-0.2, -0.15) is 0 Å². The van der Waals surface area contributed by atoms with E-state index in [0.717, 1.165) is 10.2 Å². The lowest BCUT2D eigenvalue weighted by Crippen LogP contribution is -2.12. The fourth-order valence-electron chi connectivity index (χ4n) is 3.60. The summed E-state index contributed by atoms with van der Waals surface area (Å²) in [5.74, 6) is 0.749. The molecule has 0 aliphatic heterocycles. The number of benzene rings is 3. The molecule has 176 valence electrons. The molecule has 0 spiro atoms. The van der Waals surface area contributed by atoms with E-state index in [1.165, 1.54) is 11.3 Å². The average Bonchev–Trinajstić information content (AvgIpc) is 3.44. The number of amides is 2. The Morgan fingerprint density at radius 2 is 1.89 bits per heavy atom. The van der Waals surface area contributed by atoms with Crippen LogP contribution >= 0.6 is 11.3 Å². The van der Waals surface area contributed by atoms with Crippen molar-refractivity contribution < 1.29 is 14.3 Å². The third kappa shape index (κ3) is 4.78. The van der Waals surface area contributed by atoms with Gasteiger partial charge in [-0.25, -0.2) is 9.97 Å². The first-order chi connectivity index (χ1) is 17.0. The maximum atomic E-state index is 12.5. The monoisotopic (exact) mass is 486 g/mol. The van der Waals surface area contributed by atoms with E-state index in [1.807, 2.05) is 44.2 Å². The lowest BCUT2D eigenvalue weighted by Gasteiger charge is -2.15. The van der Waals surface area contributed by atoms with E-state index in [1.54, 1.807) is 30.3 Å². The van der Waals surface area contributed by atoms with Crippen LogP contribution in [0.25, 0.3) is 21.3 Å². The summed E-state index contributed by atoms with van der Waals surface area (Å²) in [7, 11) is 0. The zero-order valence-corrected chi connectivity index (χ0v) is 19.8. The largest absolute Gasteiger partial charge is 0.489 e. The number of ether oxygens (including phenoxy) is 1. The SMILES string of the molecule is CC(C)Oc1ccc(NC=O)cc1Nc1nc2c(ccc3[nH]c(NC(=O)c4ccccc4)nc32)s1. The molecule has 9 nitrogen and oxygen atoms in total. The molecular formula is C25H22N6O3S. The average molecular weight is 487 g/mol. The number of aromatic nitrogens is 3. The first-order valence-electron chi connectivity index (χ1n) is 10.9. The summed E-state index contributed by atoms with van der Waals surface area (Å²) in [5, 5.41) is 9.41. The summed E-state index contributed by atoms with van der Waals surface area (Å²) in [5.41, 5.74) is 3.99. The predicted octanol–water partition coefficient (Wildman–Crippen LogP) is 5.52. The molecule has 4 N–H and O–H groups in total. The number of H-pyrrole nitrogens is 1. The van der Waals surface area contributed by atoms with Crippen LogP contribution < -0.4 is 20.7 Å². The molecule has 2 amide bonds. The van der Waals surface area contributed by atoms with Gasteiger partial charge in [0.05, 0.1) is 22.0 Å². The van der Waals surface area contributed by atoms with Crippen LogP contribution in [-0.2, 0) is 4.79 Å². The normalized spacial score (nSPS) is 11.1. The van der Waals surface area contributed by atoms with Crippen molar-refractivity contribution in [3.05, 3.63) is 66.2 Å². The summed E-state index contributed by atoms with van der Waals surface area (Å²) in [6.45, 7) is 3.89. The van der Waals surface area contributed by atoms with Gasteiger partial charge in [0.2, 0.25) is 12.4 Å². The number of carbonyl (C=O) groups excluding carboxylic acids is 2. The molecule has 3 aromatic carbocycles. The zero-order chi connectivity index (χ0) is 24.4. The van der Waals surface area contributed by atoms with Crippen molar-refractivity contribution in [2.24, 2.45) is 0 Å². The molecule has 2 aromatic heterocycles. The number of fused-ring (bicyclic) bond motifs is 3. The molecule has 0 aliphatic rings. The van der Waals surface area contributed by atoms with Crippen LogP contribution in [0.2, 0.25) is 0 Å². The molecule has 0 saturated heterocycles. The van der Waals surface area contributed by atoms with Crippen LogP contribution in [-0.4, -0.2) is 33.4 Å². The smallest absolute Gasteiger partial charge is 0.257 e. The molecule has 0 fully saturated rings. The maximum absolute atomic E-state index is 12.5. The third-order valence-electron chi connectivity index (χ3n) is 5.09. The first kappa shape index (κ1) is 22.4. The highest BCUT2D eigenvalue weighted by atomic mass is 32.1. The highest BCUT2D eigenvalue weighted by Gasteiger charge is 2.15. The van der Waals surface area contributed by atoms with Crippen LogP contribution in [0.4, 0.5) is 22.5 Å². The van der Waals surface area contributed by atoms with Gasteiger partial charge < -0.3 is 20.4 Å². The number of imidazole rings is 1. The second-order valence-electron chi connectivity index (χ2n) is 8.00. The van der Waals surface area contributed by atoms with Crippen LogP contribution in [0.5, 0.6) is 5.75 Å². The molecule has 0 bridgehead atoms. The van der Waals surface area contributed by atoms with Gasteiger partial charge in [-0.05, 0) is 56.3 Å². The third-order valence-corrected chi connectivity index (χ3v) is 6.02. The Bertz CT molecular complexity index is 1530. The van der Waals surface area contributed by atoms with Gasteiger partial charge in [-0.3, -0.25) is 14.9 Å². The van der Waals surface area contributed by atoms with Crippen LogP contribution in [0.15, 0.2) is 60.7 Å². The van der Waals surface area contributed by atoms with E-state index in [0.29, 0.717) is 51.2 Å². The fourth-order valence-corrected chi connectivity index (χ4v) is 4.48. The van der Waals surface area contributed by atoms with E-state index in [-0.39, 0.29) is 12.0 Å². The van der Waals surface area contributed by atoms with Gasteiger partial charge in [0.15, 0.2) is 5.13 Å². The molecule has 5 aromatic rings. The number of aromatic amines is 1. The Morgan fingerprint density at radius 1 is 1.06 bits per heavy atom. The number of hydrogen-bond donors (Lipinski definition) is 4. The molecule has 0 atom stereocenters. The molecule has 0 unspecified atom stereocenters. The van der Waals surface area contributed by atoms with Crippen molar-refractivity contribution in [2.75, 3.05) is 16.0 Å². The summed E-state index contributed by atoms with van der Waals surface area (Å²) >= 11 is 1.46. The van der Waals surface area contributed by atoms with E-state index in [2.05, 4.69) is 25.9 Å². The molecule has 0 saturated carbocycles. The van der Waals surface area contributed by atoms with Gasteiger partial charge in [0.25, 0.3) is 5.91 Å². The Hall–Kier alpha value is -4.44. The second-order valence-corrected chi connectivity index (χ2v) is 9.03. The number of carbonyl (C=O) groups is 2. The molecule has 0 aliphatic carbocycles. The zero-order valence-electron chi connectivity index (χ0n) is 19.0. The fraction of sp³-hybridized carbons (Fsp3) is 0.120. The van der Waals surface area contributed by atoms with Gasteiger partial charge in [0, 0.05) is 11.3 Å². The minimum Gasteiger partial charge on any atom is -0.489 e. The lowest BCUT2D eigenvalue weighted by atomic mass is 10.2. The van der Waals surface area contributed by atoms with Crippen LogP contribution in [0.3, 0.4) is 0 Å². The number of nitrogens with one attached hydrogen (secondary N) is 4. The van der Waals surface area contributed by atoms with E-state index >= 15 is 0 Å². The van der Waals surface area contributed by atoms with Gasteiger partial charge >= 0.3 is 0 Å². The molecule has 0 radical (unpaired) electrons. The Kier molecular flexibility index (Phi) is 6.02. The Balaban J connectivity index is 1.46. The number of thiazole rings is 1. The van der Waals surface area contributed by atoms with Crippen LogP contribution in [0.1, 0.15) is 24.2 Å². The van der Waals surface area contributed by atoms with Crippen molar-refractivity contribution in [2.45, 2.75) is 20.0 Å². The van der Waals surface area contributed by atoms with E-state index < -0.39 is 0 Å². The minimum absolute atomic E-state index is 0.0241. The van der Waals surface area contributed by atoms with Crippen molar-refractivity contribution in [3.8, 4) is 5.75 Å². The molecule has 10 heteroatoms. The van der Waals surface area contributed by atoms with Crippen molar-refractivity contribution in [1.82, 2.24) is 15.0 Å². The summed E-state index contributed by atoms with van der Waals surface area (Å²) in [6.07, 6.45) is 0.603. The summed E-state index contributed by atoms with van der Waals surface area (Å²) < 4.78 is 6.84. The van der Waals surface area contributed by atoms with Crippen molar-refractivity contribution in [3.63, 3.8) is 0 Å². The van der Waals surface area contributed by atoms with Crippen molar-refractivity contribution in [1.29, 1.82) is 0 Å². The van der Waals surface area contributed by atoms with Crippen LogP contribution in [0, 0.1) is 0 Å². The quantitative estimate of drug-likeness (QED) is 0.214. The topological polar surface area (TPSA) is 121 Å². The first-order valence-corrected chi connectivity index (χ1v) is 11.8. The van der Waals surface area contributed by atoms with Crippen molar-refractivity contribution >= 4 is 67.4 Å². The molecule has 5 rings (SSSR count). The van der Waals surface area contributed by atoms with E-state index in [9.17, 15) is 9.59 Å². The highest BCUT2D eigenvalue weighted by Crippen LogP contribution is 2.36. The summed E-state index contributed by atoms with van der Waals surface area (Å²) in [6, 6.07) is 18.2.